The summed E-state index contributed by atoms with van der Waals surface area (Å²) in [5.74, 6) is -0.157. The molecule has 0 radical (unpaired) electrons. The lowest BCUT2D eigenvalue weighted by atomic mass is 9.99. The van der Waals surface area contributed by atoms with Crippen LogP contribution in [-0.4, -0.2) is 42.7 Å². The number of hydrogen-bond donors (Lipinski definition) is 0. The molecule has 0 rings (SSSR count). The predicted molar refractivity (Wildman–Crippen MR) is 66.6 cm³/mol. The van der Waals surface area contributed by atoms with Crippen LogP contribution in [0.4, 0.5) is 0 Å². The van der Waals surface area contributed by atoms with Crippen molar-refractivity contribution in [1.82, 2.24) is 0 Å². The van der Waals surface area contributed by atoms with E-state index in [1.165, 1.54) is 0 Å². The molecular weight excluding hydrogens is 249 g/mol. The number of carbonyl (C=O) groups excluding carboxylic acids is 2. The molecule has 0 aliphatic rings. The summed E-state index contributed by atoms with van der Waals surface area (Å²) in [6.45, 7) is 0.887. The second-order valence-corrected chi connectivity index (χ2v) is 5.85. The average molecular weight is 269 g/mol. The monoisotopic (exact) mass is 268 g/mol. The van der Waals surface area contributed by atoms with Crippen LogP contribution < -0.4 is 0 Å². The standard InChI is InChI=1S/C11H20Cl2NO2/c1-14(2,3)8-7-9(11(13)16)5-4-6-10(12)15/h9H,4-8H2,1-3H3/q+1. The molecule has 0 aromatic rings. The van der Waals surface area contributed by atoms with Crippen molar-refractivity contribution in [2.24, 2.45) is 5.92 Å². The second kappa shape index (κ2) is 7.25. The number of quaternary nitrogens is 1. The Labute approximate surface area is 107 Å². The molecule has 5 heteroatoms. The lowest BCUT2D eigenvalue weighted by molar-refractivity contribution is -0.870. The van der Waals surface area contributed by atoms with Crippen molar-refractivity contribution in [3.05, 3.63) is 0 Å². The number of rotatable bonds is 8. The van der Waals surface area contributed by atoms with Gasteiger partial charge in [0.25, 0.3) is 0 Å². The van der Waals surface area contributed by atoms with Gasteiger partial charge in [0.15, 0.2) is 0 Å². The van der Waals surface area contributed by atoms with Crippen LogP contribution in [0.3, 0.4) is 0 Å². The molecule has 0 N–H and O–H groups in total. The van der Waals surface area contributed by atoms with Crippen LogP contribution >= 0.6 is 23.2 Å². The molecule has 1 unspecified atom stereocenters. The van der Waals surface area contributed by atoms with Gasteiger partial charge in [0.2, 0.25) is 10.5 Å². The lowest BCUT2D eigenvalue weighted by Crippen LogP contribution is -2.36. The summed E-state index contributed by atoms with van der Waals surface area (Å²) in [4.78, 5) is 21.7. The highest BCUT2D eigenvalue weighted by Gasteiger charge is 2.19. The highest BCUT2D eigenvalue weighted by molar-refractivity contribution is 6.64. The van der Waals surface area contributed by atoms with Crippen LogP contribution in [0.1, 0.15) is 25.7 Å². The number of carbonyl (C=O) groups is 2. The van der Waals surface area contributed by atoms with Crippen molar-refractivity contribution >= 4 is 33.7 Å². The summed E-state index contributed by atoms with van der Waals surface area (Å²) in [5, 5.41) is -0.664. The summed E-state index contributed by atoms with van der Waals surface area (Å²) in [6, 6.07) is 0. The van der Waals surface area contributed by atoms with E-state index in [0.717, 1.165) is 17.4 Å². The Bertz CT molecular complexity index is 249. The third kappa shape index (κ3) is 9.13. The zero-order valence-electron chi connectivity index (χ0n) is 10.1. The average Bonchev–Trinajstić information content (AvgIpc) is 2.07. The van der Waals surface area contributed by atoms with E-state index in [0.29, 0.717) is 19.3 Å². The third-order valence-corrected chi connectivity index (χ3v) is 2.89. The first-order chi connectivity index (χ1) is 7.22. The fourth-order valence-electron chi connectivity index (χ4n) is 1.40. The Morgan fingerprint density at radius 1 is 1.12 bits per heavy atom. The molecule has 0 fully saturated rings. The first-order valence-corrected chi connectivity index (χ1v) is 6.16. The number of halogens is 2. The van der Waals surface area contributed by atoms with Crippen LogP contribution in [0.5, 0.6) is 0 Å². The van der Waals surface area contributed by atoms with Gasteiger partial charge in [-0.2, -0.15) is 0 Å². The molecule has 0 saturated heterocycles. The summed E-state index contributed by atoms with van der Waals surface area (Å²) >= 11 is 10.8. The fraction of sp³-hybridized carbons (Fsp3) is 0.818. The van der Waals surface area contributed by atoms with E-state index in [1.807, 2.05) is 0 Å². The number of hydrogen-bond acceptors (Lipinski definition) is 2. The maximum Gasteiger partial charge on any atom is 0.224 e. The minimum absolute atomic E-state index is 0.157. The van der Waals surface area contributed by atoms with Crippen LogP contribution in [0.2, 0.25) is 0 Å². The van der Waals surface area contributed by atoms with Crippen LogP contribution in [-0.2, 0) is 9.59 Å². The van der Waals surface area contributed by atoms with Gasteiger partial charge < -0.3 is 4.48 Å². The minimum atomic E-state index is -0.354. The van der Waals surface area contributed by atoms with E-state index >= 15 is 0 Å². The van der Waals surface area contributed by atoms with Crippen molar-refractivity contribution in [2.45, 2.75) is 25.7 Å². The first-order valence-electron chi connectivity index (χ1n) is 5.40. The Hall–Kier alpha value is -0.120. The molecule has 0 aliphatic heterocycles. The maximum absolute atomic E-state index is 11.2. The van der Waals surface area contributed by atoms with E-state index in [-0.39, 0.29) is 16.4 Å². The highest BCUT2D eigenvalue weighted by Crippen LogP contribution is 2.17. The molecule has 1 atom stereocenters. The smallest absolute Gasteiger partial charge is 0.224 e. The van der Waals surface area contributed by atoms with Crippen molar-refractivity contribution < 1.29 is 14.1 Å². The van der Waals surface area contributed by atoms with E-state index in [1.54, 1.807) is 0 Å². The third-order valence-electron chi connectivity index (χ3n) is 2.40. The zero-order chi connectivity index (χ0) is 12.8. The van der Waals surface area contributed by atoms with E-state index in [2.05, 4.69) is 21.1 Å². The van der Waals surface area contributed by atoms with Crippen molar-refractivity contribution in [3.8, 4) is 0 Å². The molecule has 0 amide bonds. The summed E-state index contributed by atoms with van der Waals surface area (Å²) < 4.78 is 0.801. The SMILES string of the molecule is C[N+](C)(C)CCC(CCCC(=O)Cl)C(=O)Cl. The lowest BCUT2D eigenvalue weighted by Gasteiger charge is -2.25. The molecule has 0 saturated carbocycles. The van der Waals surface area contributed by atoms with E-state index in [4.69, 9.17) is 23.2 Å². The van der Waals surface area contributed by atoms with Crippen molar-refractivity contribution in [3.63, 3.8) is 0 Å². The molecule has 0 heterocycles. The molecule has 0 aromatic heterocycles. The maximum atomic E-state index is 11.2. The van der Waals surface area contributed by atoms with Gasteiger partial charge in [-0.25, -0.2) is 0 Å². The summed E-state index contributed by atoms with van der Waals surface area (Å²) in [7, 11) is 6.20. The van der Waals surface area contributed by atoms with Gasteiger partial charge in [0.05, 0.1) is 27.7 Å². The van der Waals surface area contributed by atoms with Gasteiger partial charge in [0.1, 0.15) is 0 Å². The topological polar surface area (TPSA) is 34.1 Å². The largest absolute Gasteiger partial charge is 0.331 e. The summed E-state index contributed by atoms with van der Waals surface area (Å²) in [5.41, 5.74) is 0. The molecule has 16 heavy (non-hydrogen) atoms. The Morgan fingerprint density at radius 2 is 1.69 bits per heavy atom. The highest BCUT2D eigenvalue weighted by atomic mass is 35.5. The van der Waals surface area contributed by atoms with Crippen LogP contribution in [0.25, 0.3) is 0 Å². The molecular formula is C11H20Cl2NO2+. The fourth-order valence-corrected chi connectivity index (χ4v) is 1.75. The van der Waals surface area contributed by atoms with Gasteiger partial charge >= 0.3 is 0 Å². The Morgan fingerprint density at radius 3 is 2.06 bits per heavy atom. The van der Waals surface area contributed by atoms with Crippen molar-refractivity contribution in [2.75, 3.05) is 27.7 Å². The van der Waals surface area contributed by atoms with Gasteiger partial charge in [-0.15, -0.1) is 0 Å². The number of nitrogens with zero attached hydrogens (tertiary/aromatic N) is 1. The van der Waals surface area contributed by atoms with Crippen LogP contribution in [0, 0.1) is 5.92 Å². The van der Waals surface area contributed by atoms with Crippen molar-refractivity contribution in [1.29, 1.82) is 0 Å². The van der Waals surface area contributed by atoms with E-state index in [9.17, 15) is 9.59 Å². The van der Waals surface area contributed by atoms with Gasteiger partial charge in [0, 0.05) is 18.8 Å². The van der Waals surface area contributed by atoms with E-state index < -0.39 is 0 Å². The molecule has 0 aromatic carbocycles. The summed E-state index contributed by atoms with van der Waals surface area (Å²) in [6.07, 6.45) is 2.33. The molecule has 0 aliphatic carbocycles. The minimum Gasteiger partial charge on any atom is -0.331 e. The van der Waals surface area contributed by atoms with Crippen LogP contribution in [0.15, 0.2) is 0 Å². The Kier molecular flexibility index (Phi) is 7.20. The molecule has 0 bridgehead atoms. The quantitative estimate of drug-likeness (QED) is 0.501. The first kappa shape index (κ1) is 15.9. The Balaban J connectivity index is 3.99. The molecule has 0 spiro atoms. The van der Waals surface area contributed by atoms with Gasteiger partial charge in [-0.05, 0) is 36.0 Å². The normalized spacial score (nSPS) is 13.6. The predicted octanol–water partition coefficient (Wildman–Crippen LogP) is 2.40. The van der Waals surface area contributed by atoms with Gasteiger partial charge in [-0.3, -0.25) is 9.59 Å². The molecule has 94 valence electrons. The van der Waals surface area contributed by atoms with Gasteiger partial charge in [-0.1, -0.05) is 0 Å². The second-order valence-electron chi connectivity index (χ2n) is 5.05. The zero-order valence-corrected chi connectivity index (χ0v) is 11.6. The molecule has 3 nitrogen and oxygen atoms in total.